The quantitative estimate of drug-likeness (QED) is 0.521. The van der Waals surface area contributed by atoms with Crippen LogP contribution in [0.25, 0.3) is 0 Å². The van der Waals surface area contributed by atoms with Crippen LogP contribution in [0.15, 0.2) is 29.1 Å². The second kappa shape index (κ2) is 9.90. The molecule has 0 aliphatic carbocycles. The fourth-order valence-electron chi connectivity index (χ4n) is 3.17. The number of rotatable bonds is 8. The van der Waals surface area contributed by atoms with Crippen LogP contribution in [0, 0.1) is 0 Å². The Morgan fingerprint density at radius 1 is 1.21 bits per heavy atom. The molecule has 156 valence electrons. The summed E-state index contributed by atoms with van der Waals surface area (Å²) in [5.74, 6) is 0.480. The first-order chi connectivity index (χ1) is 14.1. The van der Waals surface area contributed by atoms with Gasteiger partial charge in [0.05, 0.1) is 12.2 Å². The Hall–Kier alpha value is -3.10. The third-order valence-electron chi connectivity index (χ3n) is 4.68. The van der Waals surface area contributed by atoms with E-state index in [1.807, 2.05) is 6.92 Å². The molecule has 0 fully saturated rings. The number of carbonyl (C=O) groups is 2. The number of ether oxygens (including phenoxy) is 1. The van der Waals surface area contributed by atoms with Crippen LogP contribution >= 0.6 is 0 Å². The van der Waals surface area contributed by atoms with Crippen molar-refractivity contribution in [1.29, 1.82) is 0 Å². The Labute approximate surface area is 169 Å². The van der Waals surface area contributed by atoms with Gasteiger partial charge in [0, 0.05) is 31.7 Å². The number of anilines is 1. The molecule has 0 saturated carbocycles. The van der Waals surface area contributed by atoms with E-state index in [1.165, 1.54) is 4.68 Å². The number of aromatic nitrogens is 3. The number of hydrogen-bond donors (Lipinski definition) is 2. The monoisotopic (exact) mass is 401 g/mol. The Bertz CT molecular complexity index is 901. The van der Waals surface area contributed by atoms with E-state index in [0.717, 1.165) is 38.1 Å². The van der Waals surface area contributed by atoms with Gasteiger partial charge in [0.1, 0.15) is 5.82 Å². The maximum Gasteiger partial charge on any atom is 0.345 e. The summed E-state index contributed by atoms with van der Waals surface area (Å²) < 4.78 is 8.29. The normalized spacial score (nSPS) is 12.9. The number of aryl methyl sites for hydroxylation is 2. The molecule has 2 heterocycles. The van der Waals surface area contributed by atoms with Crippen molar-refractivity contribution in [3.8, 4) is 0 Å². The van der Waals surface area contributed by atoms with E-state index in [-0.39, 0.29) is 17.7 Å². The van der Waals surface area contributed by atoms with Crippen LogP contribution in [-0.2, 0) is 24.2 Å². The minimum absolute atomic E-state index is 0.0679. The number of esters is 1. The number of benzene rings is 1. The second-order valence-corrected chi connectivity index (χ2v) is 6.98. The van der Waals surface area contributed by atoms with E-state index in [1.54, 1.807) is 28.8 Å². The standard InChI is InChI=1S/C20H27N5O4/c1-2-14-29-18(26)15-7-9-16(10-8-15)22-19(27)21-11-5-13-25-20(28)24-12-4-3-6-17(24)23-25/h7-10H,2-6,11-14H2,1H3,(H2,21,22,27). The number of hydrogen-bond acceptors (Lipinski definition) is 5. The first-order valence-electron chi connectivity index (χ1n) is 10.1. The molecule has 0 saturated heterocycles. The van der Waals surface area contributed by atoms with Gasteiger partial charge in [-0.2, -0.15) is 5.10 Å². The Morgan fingerprint density at radius 2 is 2.00 bits per heavy atom. The van der Waals surface area contributed by atoms with Crippen molar-refractivity contribution < 1.29 is 14.3 Å². The summed E-state index contributed by atoms with van der Waals surface area (Å²) in [6, 6.07) is 6.18. The molecule has 0 radical (unpaired) electrons. The van der Waals surface area contributed by atoms with Crippen molar-refractivity contribution in [2.45, 2.75) is 52.1 Å². The van der Waals surface area contributed by atoms with Crippen LogP contribution in [0.1, 0.15) is 48.8 Å². The maximum atomic E-state index is 12.2. The van der Waals surface area contributed by atoms with Gasteiger partial charge < -0.3 is 15.4 Å². The molecule has 2 amide bonds. The molecule has 9 nitrogen and oxygen atoms in total. The van der Waals surface area contributed by atoms with Gasteiger partial charge in [-0.25, -0.2) is 19.1 Å². The molecule has 2 N–H and O–H groups in total. The van der Waals surface area contributed by atoms with Gasteiger partial charge in [-0.1, -0.05) is 6.92 Å². The predicted molar refractivity (Wildman–Crippen MR) is 108 cm³/mol. The lowest BCUT2D eigenvalue weighted by Gasteiger charge is -2.09. The van der Waals surface area contributed by atoms with Crippen molar-refractivity contribution in [3.63, 3.8) is 0 Å². The SMILES string of the molecule is CCCOC(=O)c1ccc(NC(=O)NCCCn2nc3n(c2=O)CCCC3)cc1. The molecular formula is C20H27N5O4. The van der Waals surface area contributed by atoms with Crippen LogP contribution in [-0.4, -0.2) is 39.5 Å². The zero-order valence-corrected chi connectivity index (χ0v) is 16.6. The minimum atomic E-state index is -0.376. The fourth-order valence-corrected chi connectivity index (χ4v) is 3.17. The topological polar surface area (TPSA) is 107 Å². The van der Waals surface area contributed by atoms with Gasteiger partial charge in [-0.05, 0) is 49.9 Å². The van der Waals surface area contributed by atoms with Crippen LogP contribution in [0.4, 0.5) is 10.5 Å². The van der Waals surface area contributed by atoms with E-state index in [9.17, 15) is 14.4 Å². The third kappa shape index (κ3) is 5.46. The van der Waals surface area contributed by atoms with Crippen molar-refractivity contribution in [1.82, 2.24) is 19.7 Å². The van der Waals surface area contributed by atoms with Crippen LogP contribution in [0.2, 0.25) is 0 Å². The summed E-state index contributed by atoms with van der Waals surface area (Å²) >= 11 is 0. The summed E-state index contributed by atoms with van der Waals surface area (Å²) in [5, 5.41) is 9.84. The average Bonchev–Trinajstić information content (AvgIpc) is 3.06. The van der Waals surface area contributed by atoms with Gasteiger partial charge in [-0.15, -0.1) is 0 Å². The first-order valence-corrected chi connectivity index (χ1v) is 10.1. The molecular weight excluding hydrogens is 374 g/mol. The second-order valence-electron chi connectivity index (χ2n) is 6.98. The lowest BCUT2D eigenvalue weighted by Crippen LogP contribution is -2.31. The Kier molecular flexibility index (Phi) is 7.04. The van der Waals surface area contributed by atoms with Crippen LogP contribution < -0.4 is 16.3 Å². The largest absolute Gasteiger partial charge is 0.462 e. The molecule has 1 aliphatic rings. The minimum Gasteiger partial charge on any atom is -0.462 e. The third-order valence-corrected chi connectivity index (χ3v) is 4.68. The summed E-state index contributed by atoms with van der Waals surface area (Å²) in [7, 11) is 0. The highest BCUT2D eigenvalue weighted by Crippen LogP contribution is 2.11. The number of fused-ring (bicyclic) bond motifs is 1. The molecule has 0 spiro atoms. The van der Waals surface area contributed by atoms with E-state index in [2.05, 4.69) is 15.7 Å². The number of carbonyl (C=O) groups excluding carboxylic acids is 2. The number of nitrogens with one attached hydrogen (secondary N) is 2. The van der Waals surface area contributed by atoms with Gasteiger partial charge in [0.25, 0.3) is 0 Å². The highest BCUT2D eigenvalue weighted by molar-refractivity contribution is 5.92. The molecule has 9 heteroatoms. The van der Waals surface area contributed by atoms with Crippen LogP contribution in [0.5, 0.6) is 0 Å². The van der Waals surface area contributed by atoms with Crippen molar-refractivity contribution >= 4 is 17.7 Å². The summed E-state index contributed by atoms with van der Waals surface area (Å²) in [4.78, 5) is 36.0. The Morgan fingerprint density at radius 3 is 2.72 bits per heavy atom. The molecule has 0 atom stereocenters. The Balaban J connectivity index is 1.41. The van der Waals surface area contributed by atoms with Crippen LogP contribution in [0.3, 0.4) is 0 Å². The van der Waals surface area contributed by atoms with E-state index < -0.39 is 0 Å². The summed E-state index contributed by atoms with van der Waals surface area (Å²) in [5.41, 5.74) is 0.951. The zero-order valence-electron chi connectivity index (χ0n) is 16.6. The average molecular weight is 401 g/mol. The predicted octanol–water partition coefficient (Wildman–Crippen LogP) is 2.16. The lowest BCUT2D eigenvalue weighted by molar-refractivity contribution is 0.0505. The fraction of sp³-hybridized carbons (Fsp3) is 0.500. The van der Waals surface area contributed by atoms with E-state index >= 15 is 0 Å². The maximum absolute atomic E-state index is 12.2. The molecule has 1 aliphatic heterocycles. The molecule has 2 aromatic rings. The lowest BCUT2D eigenvalue weighted by atomic mass is 10.2. The molecule has 0 unspecified atom stereocenters. The van der Waals surface area contributed by atoms with Gasteiger partial charge >= 0.3 is 17.7 Å². The van der Waals surface area contributed by atoms with Gasteiger partial charge in [-0.3, -0.25) is 4.57 Å². The van der Waals surface area contributed by atoms with Gasteiger partial charge in [0.2, 0.25) is 0 Å². The molecule has 29 heavy (non-hydrogen) atoms. The van der Waals surface area contributed by atoms with Crippen molar-refractivity contribution in [2.75, 3.05) is 18.5 Å². The summed E-state index contributed by atoms with van der Waals surface area (Å²) in [6.07, 6.45) is 4.30. The molecule has 1 aromatic carbocycles. The highest BCUT2D eigenvalue weighted by atomic mass is 16.5. The van der Waals surface area contributed by atoms with Crippen molar-refractivity contribution in [2.24, 2.45) is 0 Å². The van der Waals surface area contributed by atoms with E-state index in [4.69, 9.17) is 4.74 Å². The zero-order chi connectivity index (χ0) is 20.6. The van der Waals surface area contributed by atoms with E-state index in [0.29, 0.717) is 37.4 Å². The molecule has 1 aromatic heterocycles. The summed E-state index contributed by atoms with van der Waals surface area (Å²) in [6.45, 7) is 3.94. The van der Waals surface area contributed by atoms with Gasteiger partial charge in [0.15, 0.2) is 0 Å². The first kappa shape index (κ1) is 20.6. The number of nitrogens with zero attached hydrogens (tertiary/aromatic N) is 3. The van der Waals surface area contributed by atoms with Crippen molar-refractivity contribution in [3.05, 3.63) is 46.1 Å². The molecule has 0 bridgehead atoms. The number of urea groups is 1. The number of amides is 2. The smallest absolute Gasteiger partial charge is 0.345 e. The molecule has 3 rings (SSSR count). The highest BCUT2D eigenvalue weighted by Gasteiger charge is 2.16.